The first kappa shape index (κ1) is 20.5. The second-order valence-electron chi connectivity index (χ2n) is 9.11. The van der Waals surface area contributed by atoms with Crippen LogP contribution in [0.2, 0.25) is 0 Å². The van der Waals surface area contributed by atoms with Crippen LogP contribution in [0, 0.1) is 0 Å². The molecule has 5 heteroatoms. The number of hydrogen-bond acceptors (Lipinski definition) is 3. The standard InChI is InChI=1S/C20H38N2O3/c1-6-15-25-17-7-11-20(5,12-8-17)21-13-9-16(10-14-21)22(18(23)24)19(2,3)4/h16-17H,6-15H2,1-5H3,(H,23,24). The Bertz CT molecular complexity index is 431. The summed E-state index contributed by atoms with van der Waals surface area (Å²) in [7, 11) is 0. The third-order valence-electron chi connectivity index (χ3n) is 6.09. The molecule has 0 radical (unpaired) electrons. The molecule has 5 nitrogen and oxygen atoms in total. The number of ether oxygens (including phenoxy) is 1. The number of carboxylic acid groups (broad SMARTS) is 1. The Morgan fingerprint density at radius 2 is 1.76 bits per heavy atom. The van der Waals surface area contributed by atoms with E-state index in [2.05, 4.69) is 18.7 Å². The van der Waals surface area contributed by atoms with Crippen LogP contribution in [-0.4, -0.2) is 63.9 Å². The lowest BCUT2D eigenvalue weighted by Crippen LogP contribution is -2.58. The van der Waals surface area contributed by atoms with Gasteiger partial charge in [-0.1, -0.05) is 6.92 Å². The van der Waals surface area contributed by atoms with Crippen LogP contribution in [0.4, 0.5) is 4.79 Å². The van der Waals surface area contributed by atoms with Gasteiger partial charge in [-0.15, -0.1) is 0 Å². The summed E-state index contributed by atoms with van der Waals surface area (Å²) in [6, 6.07) is 0.140. The molecule has 1 heterocycles. The molecule has 0 aromatic carbocycles. The van der Waals surface area contributed by atoms with Crippen molar-refractivity contribution in [2.45, 2.75) is 103 Å². The molecule has 1 aliphatic heterocycles. The second kappa shape index (κ2) is 8.26. The van der Waals surface area contributed by atoms with Crippen molar-refractivity contribution in [1.29, 1.82) is 0 Å². The fourth-order valence-corrected chi connectivity index (χ4v) is 4.64. The third-order valence-corrected chi connectivity index (χ3v) is 6.09. The molecule has 2 rings (SSSR count). The lowest BCUT2D eigenvalue weighted by atomic mass is 9.79. The van der Waals surface area contributed by atoms with Gasteiger partial charge in [-0.3, -0.25) is 4.90 Å². The predicted octanol–water partition coefficient (Wildman–Crippen LogP) is 4.36. The van der Waals surface area contributed by atoms with E-state index < -0.39 is 6.09 Å². The summed E-state index contributed by atoms with van der Waals surface area (Å²) >= 11 is 0. The first-order valence-corrected chi connectivity index (χ1v) is 10.1. The van der Waals surface area contributed by atoms with E-state index in [1.165, 1.54) is 12.8 Å². The predicted molar refractivity (Wildman–Crippen MR) is 101 cm³/mol. The van der Waals surface area contributed by atoms with Gasteiger partial charge in [-0.05, 0) is 72.6 Å². The highest BCUT2D eigenvalue weighted by atomic mass is 16.5. The van der Waals surface area contributed by atoms with Crippen molar-refractivity contribution >= 4 is 6.09 Å². The van der Waals surface area contributed by atoms with Gasteiger partial charge in [0.25, 0.3) is 0 Å². The van der Waals surface area contributed by atoms with E-state index in [0.717, 1.165) is 51.8 Å². The molecule has 0 aromatic heterocycles. The summed E-state index contributed by atoms with van der Waals surface area (Å²) in [6.45, 7) is 13.4. The summed E-state index contributed by atoms with van der Waals surface area (Å²) in [5.41, 5.74) is -0.0793. The van der Waals surface area contributed by atoms with Crippen LogP contribution in [-0.2, 0) is 4.74 Å². The molecule has 1 saturated heterocycles. The first-order chi connectivity index (χ1) is 11.7. The Balaban J connectivity index is 1.88. The number of rotatable bonds is 5. The topological polar surface area (TPSA) is 53.0 Å². The van der Waals surface area contributed by atoms with Crippen LogP contribution in [0.15, 0.2) is 0 Å². The number of likely N-dealkylation sites (tertiary alicyclic amines) is 1. The minimum atomic E-state index is -0.786. The molecular formula is C20H38N2O3. The Morgan fingerprint density at radius 1 is 1.20 bits per heavy atom. The van der Waals surface area contributed by atoms with Gasteiger partial charge in [0.15, 0.2) is 0 Å². The Labute approximate surface area is 153 Å². The molecule has 0 unspecified atom stereocenters. The van der Waals surface area contributed by atoms with Crippen molar-refractivity contribution < 1.29 is 14.6 Å². The Kier molecular flexibility index (Phi) is 6.77. The molecule has 0 aromatic rings. The molecule has 1 N–H and O–H groups in total. The van der Waals surface area contributed by atoms with E-state index in [4.69, 9.17) is 4.74 Å². The molecule has 1 aliphatic carbocycles. The van der Waals surface area contributed by atoms with Gasteiger partial charge >= 0.3 is 6.09 Å². The maximum absolute atomic E-state index is 11.7. The van der Waals surface area contributed by atoms with Crippen LogP contribution in [0.3, 0.4) is 0 Å². The number of amides is 1. The fourth-order valence-electron chi connectivity index (χ4n) is 4.64. The van der Waals surface area contributed by atoms with Crippen LogP contribution in [0.1, 0.15) is 79.6 Å². The molecule has 2 aliphatic rings. The minimum absolute atomic E-state index is 0.140. The third kappa shape index (κ3) is 5.10. The van der Waals surface area contributed by atoms with E-state index >= 15 is 0 Å². The van der Waals surface area contributed by atoms with Crippen LogP contribution in [0.5, 0.6) is 0 Å². The zero-order valence-corrected chi connectivity index (χ0v) is 16.9. The van der Waals surface area contributed by atoms with Crippen LogP contribution in [0.25, 0.3) is 0 Å². The van der Waals surface area contributed by atoms with Gasteiger partial charge in [-0.2, -0.15) is 0 Å². The number of hydrogen-bond donors (Lipinski definition) is 1. The molecule has 0 atom stereocenters. The average molecular weight is 355 g/mol. The van der Waals surface area contributed by atoms with Gasteiger partial charge in [0.1, 0.15) is 0 Å². The summed E-state index contributed by atoms with van der Waals surface area (Å²) in [5.74, 6) is 0. The fraction of sp³-hybridized carbons (Fsp3) is 0.950. The Hall–Kier alpha value is -0.810. The van der Waals surface area contributed by atoms with Crippen LogP contribution < -0.4 is 0 Å². The number of nitrogens with zero attached hydrogens (tertiary/aromatic N) is 2. The highest BCUT2D eigenvalue weighted by molar-refractivity contribution is 5.66. The SMILES string of the molecule is CCCOC1CCC(C)(N2CCC(N(C(=O)O)C(C)(C)C)CC2)CC1. The largest absolute Gasteiger partial charge is 0.465 e. The van der Waals surface area contributed by atoms with Gasteiger partial charge in [0.05, 0.1) is 6.10 Å². The van der Waals surface area contributed by atoms with E-state index in [9.17, 15) is 9.90 Å². The first-order valence-electron chi connectivity index (χ1n) is 10.1. The highest BCUT2D eigenvalue weighted by Gasteiger charge is 2.41. The smallest absolute Gasteiger partial charge is 0.407 e. The monoisotopic (exact) mass is 354 g/mol. The highest BCUT2D eigenvalue weighted by Crippen LogP contribution is 2.37. The molecule has 146 valence electrons. The van der Waals surface area contributed by atoms with Gasteiger partial charge < -0.3 is 14.7 Å². The quantitative estimate of drug-likeness (QED) is 0.797. The van der Waals surface area contributed by atoms with Crippen molar-refractivity contribution in [2.75, 3.05) is 19.7 Å². The summed E-state index contributed by atoms with van der Waals surface area (Å²) in [6.07, 6.45) is 7.31. The van der Waals surface area contributed by atoms with Gasteiger partial charge in [0.2, 0.25) is 0 Å². The Morgan fingerprint density at radius 3 is 2.20 bits per heavy atom. The average Bonchev–Trinajstić information content (AvgIpc) is 2.53. The number of carbonyl (C=O) groups is 1. The molecule has 2 fully saturated rings. The van der Waals surface area contributed by atoms with Crippen LogP contribution >= 0.6 is 0 Å². The summed E-state index contributed by atoms with van der Waals surface area (Å²) in [4.78, 5) is 16.0. The number of piperidine rings is 1. The molecule has 1 saturated carbocycles. The van der Waals surface area contributed by atoms with Crippen molar-refractivity contribution in [1.82, 2.24) is 9.80 Å². The maximum Gasteiger partial charge on any atom is 0.407 e. The lowest BCUT2D eigenvalue weighted by molar-refractivity contribution is -0.0387. The van der Waals surface area contributed by atoms with E-state index in [1.807, 2.05) is 20.8 Å². The summed E-state index contributed by atoms with van der Waals surface area (Å²) in [5, 5.41) is 9.62. The van der Waals surface area contributed by atoms with Crippen molar-refractivity contribution in [3.63, 3.8) is 0 Å². The maximum atomic E-state index is 11.7. The zero-order chi connectivity index (χ0) is 18.7. The normalized spacial score (nSPS) is 29.6. The molecule has 1 amide bonds. The summed E-state index contributed by atoms with van der Waals surface area (Å²) < 4.78 is 5.93. The van der Waals surface area contributed by atoms with Crippen molar-refractivity contribution in [3.05, 3.63) is 0 Å². The van der Waals surface area contributed by atoms with Gasteiger partial charge in [0, 0.05) is 36.8 Å². The second-order valence-corrected chi connectivity index (χ2v) is 9.11. The van der Waals surface area contributed by atoms with E-state index in [0.29, 0.717) is 6.10 Å². The molecule has 0 bridgehead atoms. The minimum Gasteiger partial charge on any atom is -0.465 e. The van der Waals surface area contributed by atoms with E-state index in [1.54, 1.807) is 4.90 Å². The molecular weight excluding hydrogens is 316 g/mol. The van der Waals surface area contributed by atoms with Gasteiger partial charge in [-0.25, -0.2) is 4.79 Å². The molecule has 25 heavy (non-hydrogen) atoms. The molecule has 0 spiro atoms. The lowest BCUT2D eigenvalue weighted by Gasteiger charge is -2.50. The van der Waals surface area contributed by atoms with E-state index in [-0.39, 0.29) is 17.1 Å². The van der Waals surface area contributed by atoms with Crippen molar-refractivity contribution in [3.8, 4) is 0 Å². The van der Waals surface area contributed by atoms with Crippen molar-refractivity contribution in [2.24, 2.45) is 0 Å². The zero-order valence-electron chi connectivity index (χ0n) is 16.9.